The number of hydrogen-bond donors (Lipinski definition) is 2. The molecule has 2 fully saturated rings. The average molecular weight is 511 g/mol. The number of aromatic amines is 1. The topological polar surface area (TPSA) is 104 Å². The molecule has 9 nitrogen and oxygen atoms in total. The normalized spacial score (nSPS) is 20.6. The molecule has 10 heteroatoms. The molecule has 37 heavy (non-hydrogen) atoms. The SMILES string of the molecule is COC(=O)C1(N2CCOCC2)CCN(C(=O)c2c(C)[nH]c(C=C3C(=O)Nc4ccc(F)cc43)c2C)CC1. The summed E-state index contributed by atoms with van der Waals surface area (Å²) >= 11 is 0. The highest BCUT2D eigenvalue weighted by molar-refractivity contribution is 6.34. The van der Waals surface area contributed by atoms with E-state index in [0.29, 0.717) is 91.6 Å². The van der Waals surface area contributed by atoms with Crippen LogP contribution >= 0.6 is 0 Å². The molecule has 4 heterocycles. The Morgan fingerprint density at radius 1 is 1.14 bits per heavy atom. The van der Waals surface area contributed by atoms with Gasteiger partial charge in [-0.3, -0.25) is 19.3 Å². The van der Waals surface area contributed by atoms with Crippen LogP contribution in [0.3, 0.4) is 0 Å². The molecular formula is C27H31FN4O5. The molecule has 3 aliphatic heterocycles. The fraction of sp³-hybridized carbons (Fsp3) is 0.444. The van der Waals surface area contributed by atoms with Crippen molar-refractivity contribution in [3.63, 3.8) is 0 Å². The Balaban J connectivity index is 1.38. The van der Waals surface area contributed by atoms with Gasteiger partial charge in [0.15, 0.2) is 0 Å². The molecule has 196 valence electrons. The summed E-state index contributed by atoms with van der Waals surface area (Å²) in [6, 6.07) is 4.16. The number of H-pyrrole nitrogens is 1. The molecule has 2 saturated heterocycles. The third kappa shape index (κ3) is 4.34. The van der Waals surface area contributed by atoms with E-state index >= 15 is 0 Å². The Bertz CT molecular complexity index is 1290. The molecule has 0 aliphatic carbocycles. The Morgan fingerprint density at radius 3 is 2.51 bits per heavy atom. The van der Waals surface area contributed by atoms with Crippen LogP contribution in [0.1, 0.15) is 45.7 Å². The zero-order valence-electron chi connectivity index (χ0n) is 21.3. The lowest BCUT2D eigenvalue weighted by atomic mass is 9.84. The minimum atomic E-state index is -0.758. The number of halogens is 1. The number of benzene rings is 1. The monoisotopic (exact) mass is 510 g/mol. The Kier molecular flexibility index (Phi) is 6.63. The van der Waals surface area contributed by atoms with E-state index in [-0.39, 0.29) is 17.8 Å². The minimum Gasteiger partial charge on any atom is -0.468 e. The van der Waals surface area contributed by atoms with Crippen molar-refractivity contribution in [3.8, 4) is 0 Å². The zero-order chi connectivity index (χ0) is 26.3. The van der Waals surface area contributed by atoms with Crippen LogP contribution in [-0.2, 0) is 19.1 Å². The van der Waals surface area contributed by atoms with Gasteiger partial charge in [0.2, 0.25) is 0 Å². The predicted molar refractivity (Wildman–Crippen MR) is 135 cm³/mol. The first-order chi connectivity index (χ1) is 17.7. The largest absolute Gasteiger partial charge is 0.468 e. The van der Waals surface area contributed by atoms with Crippen molar-refractivity contribution in [2.45, 2.75) is 32.2 Å². The molecule has 0 spiro atoms. The number of rotatable bonds is 4. The molecule has 0 atom stereocenters. The summed E-state index contributed by atoms with van der Waals surface area (Å²) in [5.41, 5.74) is 3.19. The number of amides is 2. The molecule has 2 aromatic rings. The molecule has 0 saturated carbocycles. The number of nitrogens with zero attached hydrogens (tertiary/aromatic N) is 2. The van der Waals surface area contributed by atoms with Crippen LogP contribution in [0.25, 0.3) is 11.6 Å². The summed E-state index contributed by atoms with van der Waals surface area (Å²) in [6.45, 7) is 6.92. The van der Waals surface area contributed by atoms with Gasteiger partial charge >= 0.3 is 5.97 Å². The van der Waals surface area contributed by atoms with Gasteiger partial charge in [-0.15, -0.1) is 0 Å². The average Bonchev–Trinajstić information content (AvgIpc) is 3.37. The van der Waals surface area contributed by atoms with Crippen LogP contribution < -0.4 is 5.32 Å². The van der Waals surface area contributed by atoms with Gasteiger partial charge in [0, 0.05) is 48.8 Å². The first kappa shape index (κ1) is 25.2. The maximum absolute atomic E-state index is 13.8. The molecule has 0 unspecified atom stereocenters. The number of piperidine rings is 1. The second kappa shape index (κ2) is 9.75. The van der Waals surface area contributed by atoms with Crippen LogP contribution in [0, 0.1) is 19.7 Å². The second-order valence-corrected chi connectivity index (χ2v) is 9.78. The van der Waals surface area contributed by atoms with E-state index in [4.69, 9.17) is 9.47 Å². The van der Waals surface area contributed by atoms with Gasteiger partial charge in [-0.2, -0.15) is 0 Å². The van der Waals surface area contributed by atoms with E-state index in [0.717, 1.165) is 0 Å². The van der Waals surface area contributed by atoms with Gasteiger partial charge in [0.05, 0.1) is 31.5 Å². The van der Waals surface area contributed by atoms with Crippen molar-refractivity contribution in [3.05, 3.63) is 52.1 Å². The van der Waals surface area contributed by atoms with Crippen molar-refractivity contribution >= 4 is 35.1 Å². The summed E-state index contributed by atoms with van der Waals surface area (Å²) in [5, 5.41) is 2.75. The number of esters is 1. The second-order valence-electron chi connectivity index (χ2n) is 9.78. The molecule has 0 bridgehead atoms. The van der Waals surface area contributed by atoms with Gasteiger partial charge < -0.3 is 24.7 Å². The van der Waals surface area contributed by atoms with Crippen molar-refractivity contribution in [1.29, 1.82) is 0 Å². The quantitative estimate of drug-likeness (QED) is 0.484. The first-order valence-electron chi connectivity index (χ1n) is 12.5. The number of carbonyl (C=O) groups excluding carboxylic acids is 3. The van der Waals surface area contributed by atoms with E-state index in [1.165, 1.54) is 25.3 Å². The Morgan fingerprint density at radius 2 is 1.84 bits per heavy atom. The van der Waals surface area contributed by atoms with Crippen LogP contribution in [0.4, 0.5) is 10.1 Å². The highest BCUT2D eigenvalue weighted by Crippen LogP contribution is 2.36. The molecule has 0 radical (unpaired) electrons. The third-order valence-corrected chi connectivity index (χ3v) is 7.80. The smallest absolute Gasteiger partial charge is 0.326 e. The van der Waals surface area contributed by atoms with Crippen LogP contribution in [0.5, 0.6) is 0 Å². The maximum atomic E-state index is 13.8. The van der Waals surface area contributed by atoms with Gasteiger partial charge in [-0.1, -0.05) is 0 Å². The van der Waals surface area contributed by atoms with E-state index in [1.54, 1.807) is 11.0 Å². The predicted octanol–water partition coefficient (Wildman–Crippen LogP) is 2.74. The van der Waals surface area contributed by atoms with E-state index in [9.17, 15) is 18.8 Å². The van der Waals surface area contributed by atoms with Crippen LogP contribution in [0.2, 0.25) is 0 Å². The first-order valence-corrected chi connectivity index (χ1v) is 12.5. The number of carbonyl (C=O) groups is 3. The Hall–Kier alpha value is -3.50. The lowest BCUT2D eigenvalue weighted by molar-refractivity contribution is -0.162. The number of fused-ring (bicyclic) bond motifs is 1. The van der Waals surface area contributed by atoms with Gasteiger partial charge in [0.1, 0.15) is 11.4 Å². The summed E-state index contributed by atoms with van der Waals surface area (Å²) in [6.07, 6.45) is 2.62. The number of aryl methyl sites for hydroxylation is 1. The minimum absolute atomic E-state index is 0.126. The Labute approximate surface area is 214 Å². The van der Waals surface area contributed by atoms with E-state index in [1.807, 2.05) is 13.8 Å². The third-order valence-electron chi connectivity index (χ3n) is 7.80. The number of aromatic nitrogens is 1. The molecule has 2 amide bonds. The molecule has 5 rings (SSSR count). The number of hydrogen-bond acceptors (Lipinski definition) is 6. The number of morpholine rings is 1. The highest BCUT2D eigenvalue weighted by atomic mass is 19.1. The number of methoxy groups -OCH3 is 1. The fourth-order valence-electron chi connectivity index (χ4n) is 5.76. The van der Waals surface area contributed by atoms with Crippen molar-refractivity contribution in [2.24, 2.45) is 0 Å². The number of ether oxygens (including phenoxy) is 2. The lowest BCUT2D eigenvalue weighted by Crippen LogP contribution is -2.63. The van der Waals surface area contributed by atoms with Crippen molar-refractivity contribution in [1.82, 2.24) is 14.8 Å². The lowest BCUT2D eigenvalue weighted by Gasteiger charge is -2.47. The van der Waals surface area contributed by atoms with Crippen molar-refractivity contribution in [2.75, 3.05) is 51.8 Å². The molecule has 1 aromatic heterocycles. The number of anilines is 1. The molecule has 1 aromatic carbocycles. The van der Waals surface area contributed by atoms with Gasteiger partial charge in [-0.05, 0) is 56.5 Å². The molecular weight excluding hydrogens is 479 g/mol. The van der Waals surface area contributed by atoms with Crippen LogP contribution in [0.15, 0.2) is 18.2 Å². The van der Waals surface area contributed by atoms with Gasteiger partial charge in [0.25, 0.3) is 11.8 Å². The summed E-state index contributed by atoms with van der Waals surface area (Å²) in [5.74, 6) is -1.14. The van der Waals surface area contributed by atoms with E-state index in [2.05, 4.69) is 15.2 Å². The summed E-state index contributed by atoms with van der Waals surface area (Å²) in [4.78, 5) is 46.2. The van der Waals surface area contributed by atoms with E-state index < -0.39 is 11.4 Å². The van der Waals surface area contributed by atoms with Crippen molar-refractivity contribution < 1.29 is 28.2 Å². The summed E-state index contributed by atoms with van der Waals surface area (Å²) in [7, 11) is 1.40. The standard InChI is InChI=1S/C27H31FN4O5/c1-16-22(15-20-19-14-18(28)4-5-21(19)30-24(20)33)29-17(2)23(16)25(34)31-8-6-27(7-9-31,26(35)36-3)32-10-12-37-13-11-32/h4-5,14-15,29H,6-13H2,1-3H3,(H,30,33). The zero-order valence-corrected chi connectivity index (χ0v) is 21.3. The van der Waals surface area contributed by atoms with Gasteiger partial charge in [-0.25, -0.2) is 4.39 Å². The maximum Gasteiger partial charge on any atom is 0.326 e. The molecule has 2 N–H and O–H groups in total. The number of likely N-dealkylation sites (tertiary alicyclic amines) is 1. The highest BCUT2D eigenvalue weighted by Gasteiger charge is 2.48. The fourth-order valence-corrected chi connectivity index (χ4v) is 5.76. The van der Waals surface area contributed by atoms with Crippen LogP contribution in [-0.4, -0.2) is 84.6 Å². The molecule has 3 aliphatic rings. The number of nitrogens with one attached hydrogen (secondary N) is 2. The summed E-state index contributed by atoms with van der Waals surface area (Å²) < 4.78 is 24.5.